The van der Waals surface area contributed by atoms with Crippen LogP contribution >= 0.6 is 0 Å². The molecule has 0 aliphatic rings. The smallest absolute Gasteiger partial charge is 0.240 e. The number of nitrogens with zero attached hydrogens (tertiary/aromatic N) is 2. The Balaban J connectivity index is 3.21. The number of hydrogen-bond donors (Lipinski definition) is 2. The molecule has 0 aromatic heterocycles. The molecule has 0 amide bonds. The molecule has 92 valence electrons. The lowest BCUT2D eigenvalue weighted by molar-refractivity contribution is 0.597. The van der Waals surface area contributed by atoms with Crippen LogP contribution in [0.4, 0.5) is 11.4 Å². The normalized spacial score (nSPS) is 10.9. The monoisotopic (exact) mass is 254 g/mol. The first-order valence-corrected chi connectivity index (χ1v) is 6.41. The van der Waals surface area contributed by atoms with Crippen molar-refractivity contribution in [3.8, 4) is 6.07 Å². The van der Waals surface area contributed by atoms with Crippen molar-refractivity contribution in [2.45, 2.75) is 11.3 Å². The first-order valence-electron chi connectivity index (χ1n) is 4.86. The number of rotatable bonds is 4. The van der Waals surface area contributed by atoms with Crippen molar-refractivity contribution < 1.29 is 8.42 Å². The highest BCUT2D eigenvalue weighted by atomic mass is 32.2. The number of nitriles is 1. The SMILES string of the molecule is CN(CCC#N)c1ccc(N)cc1S(N)(=O)=O. The van der Waals surface area contributed by atoms with Gasteiger partial charge in [0.2, 0.25) is 10.0 Å². The summed E-state index contributed by atoms with van der Waals surface area (Å²) in [5.74, 6) is 0. The highest BCUT2D eigenvalue weighted by Crippen LogP contribution is 2.25. The fraction of sp³-hybridized carbons (Fsp3) is 0.300. The van der Waals surface area contributed by atoms with Gasteiger partial charge in [0.05, 0.1) is 18.2 Å². The minimum Gasteiger partial charge on any atom is -0.399 e. The molecule has 4 N–H and O–H groups in total. The average molecular weight is 254 g/mol. The van der Waals surface area contributed by atoms with Gasteiger partial charge >= 0.3 is 0 Å². The van der Waals surface area contributed by atoms with E-state index in [1.54, 1.807) is 24.1 Å². The van der Waals surface area contributed by atoms with Gasteiger partial charge in [0.1, 0.15) is 4.90 Å². The van der Waals surface area contributed by atoms with Crippen LogP contribution in [0, 0.1) is 11.3 Å². The molecule has 0 fully saturated rings. The van der Waals surface area contributed by atoms with Crippen LogP contribution in [0.15, 0.2) is 23.1 Å². The molecule has 1 rings (SSSR count). The van der Waals surface area contributed by atoms with Gasteiger partial charge < -0.3 is 10.6 Å². The summed E-state index contributed by atoms with van der Waals surface area (Å²) in [6.07, 6.45) is 0.297. The first-order chi connectivity index (χ1) is 7.86. The number of hydrogen-bond acceptors (Lipinski definition) is 5. The molecule has 1 aromatic rings. The Bertz CT molecular complexity index is 548. The molecular weight excluding hydrogens is 240 g/mol. The number of anilines is 2. The van der Waals surface area contributed by atoms with Crippen LogP contribution < -0.4 is 15.8 Å². The van der Waals surface area contributed by atoms with Crippen molar-refractivity contribution in [2.24, 2.45) is 5.14 Å². The zero-order valence-corrected chi connectivity index (χ0v) is 10.2. The number of primary sulfonamides is 1. The molecular formula is C10H14N4O2S. The lowest BCUT2D eigenvalue weighted by atomic mass is 10.2. The molecule has 0 radical (unpaired) electrons. The third-order valence-electron chi connectivity index (χ3n) is 2.26. The second kappa shape index (κ2) is 5.03. The Morgan fingerprint density at radius 3 is 2.65 bits per heavy atom. The largest absolute Gasteiger partial charge is 0.399 e. The van der Waals surface area contributed by atoms with E-state index in [0.29, 0.717) is 24.3 Å². The molecule has 0 heterocycles. The number of nitrogen functional groups attached to an aromatic ring is 1. The molecule has 0 saturated heterocycles. The van der Waals surface area contributed by atoms with Crippen molar-refractivity contribution >= 4 is 21.4 Å². The third kappa shape index (κ3) is 3.34. The Hall–Kier alpha value is -1.78. The molecule has 0 saturated carbocycles. The zero-order chi connectivity index (χ0) is 13.1. The highest BCUT2D eigenvalue weighted by Gasteiger charge is 2.16. The van der Waals surface area contributed by atoms with Crippen LogP contribution in [0.25, 0.3) is 0 Å². The van der Waals surface area contributed by atoms with E-state index in [1.165, 1.54) is 6.07 Å². The Labute approximate surface area is 100 Å². The van der Waals surface area contributed by atoms with Crippen molar-refractivity contribution in [3.05, 3.63) is 18.2 Å². The van der Waals surface area contributed by atoms with Crippen LogP contribution in [0.3, 0.4) is 0 Å². The first kappa shape index (κ1) is 13.3. The van der Waals surface area contributed by atoms with Crippen molar-refractivity contribution in [3.63, 3.8) is 0 Å². The maximum absolute atomic E-state index is 11.4. The summed E-state index contributed by atoms with van der Waals surface area (Å²) in [7, 11) is -2.14. The van der Waals surface area contributed by atoms with Crippen LogP contribution in [-0.4, -0.2) is 22.0 Å². The van der Waals surface area contributed by atoms with Crippen molar-refractivity contribution in [1.29, 1.82) is 5.26 Å². The zero-order valence-electron chi connectivity index (χ0n) is 9.42. The molecule has 0 aliphatic carbocycles. The standard InChI is InChI=1S/C10H14N4O2S/c1-14(6-2-5-11)9-4-3-8(12)7-10(9)17(13,15)16/h3-4,7H,2,6,12H2,1H3,(H2,13,15,16). The predicted molar refractivity (Wildman–Crippen MR) is 65.7 cm³/mol. The summed E-state index contributed by atoms with van der Waals surface area (Å²) in [4.78, 5) is 1.63. The fourth-order valence-corrected chi connectivity index (χ4v) is 2.23. The summed E-state index contributed by atoms with van der Waals surface area (Å²) in [6, 6.07) is 6.47. The molecule has 17 heavy (non-hydrogen) atoms. The van der Waals surface area contributed by atoms with Gasteiger partial charge in [-0.1, -0.05) is 0 Å². The minimum absolute atomic E-state index is 0.0297. The number of sulfonamides is 1. The van der Waals surface area contributed by atoms with E-state index in [0.717, 1.165) is 0 Å². The van der Waals surface area contributed by atoms with Gasteiger partial charge in [0.25, 0.3) is 0 Å². The molecule has 6 nitrogen and oxygen atoms in total. The van der Waals surface area contributed by atoms with Gasteiger partial charge in [-0.2, -0.15) is 5.26 Å². The van der Waals surface area contributed by atoms with E-state index in [2.05, 4.69) is 0 Å². The molecule has 0 spiro atoms. The molecule has 0 atom stereocenters. The van der Waals surface area contributed by atoms with Gasteiger partial charge in [-0.3, -0.25) is 0 Å². The second-order valence-electron chi connectivity index (χ2n) is 3.60. The van der Waals surface area contributed by atoms with Gasteiger partial charge in [-0.25, -0.2) is 13.6 Å². The van der Waals surface area contributed by atoms with Crippen molar-refractivity contribution in [1.82, 2.24) is 0 Å². The molecule has 7 heteroatoms. The van der Waals surface area contributed by atoms with E-state index in [9.17, 15) is 8.42 Å². The summed E-state index contributed by atoms with van der Waals surface area (Å²) in [6.45, 7) is 0.420. The summed E-state index contributed by atoms with van der Waals surface area (Å²) in [5, 5.41) is 13.6. The number of benzene rings is 1. The van der Waals surface area contributed by atoms with Crippen LogP contribution in [-0.2, 0) is 10.0 Å². The maximum Gasteiger partial charge on any atom is 0.240 e. The lowest BCUT2D eigenvalue weighted by Crippen LogP contribution is -2.23. The second-order valence-corrected chi connectivity index (χ2v) is 5.13. The van der Waals surface area contributed by atoms with Crippen LogP contribution in [0.1, 0.15) is 6.42 Å². The van der Waals surface area contributed by atoms with Crippen LogP contribution in [0.2, 0.25) is 0 Å². The summed E-state index contributed by atoms with van der Waals surface area (Å²) < 4.78 is 22.8. The Kier molecular flexibility index (Phi) is 3.93. The predicted octanol–water partition coefficient (Wildman–Crippen LogP) is 0.266. The third-order valence-corrected chi connectivity index (χ3v) is 3.20. The molecule has 0 bridgehead atoms. The lowest BCUT2D eigenvalue weighted by Gasteiger charge is -2.20. The minimum atomic E-state index is -3.83. The van der Waals surface area contributed by atoms with Gasteiger partial charge in [-0.15, -0.1) is 0 Å². The Morgan fingerprint density at radius 1 is 1.47 bits per heavy atom. The van der Waals surface area contributed by atoms with Gasteiger partial charge in [0, 0.05) is 19.3 Å². The molecule has 1 aromatic carbocycles. The van der Waals surface area contributed by atoms with E-state index in [4.69, 9.17) is 16.1 Å². The fourth-order valence-electron chi connectivity index (χ4n) is 1.41. The molecule has 0 aliphatic heterocycles. The summed E-state index contributed by atoms with van der Waals surface area (Å²) in [5.41, 5.74) is 6.30. The van der Waals surface area contributed by atoms with E-state index in [-0.39, 0.29) is 4.90 Å². The average Bonchev–Trinajstić information content (AvgIpc) is 2.24. The maximum atomic E-state index is 11.4. The van der Waals surface area contributed by atoms with E-state index in [1.807, 2.05) is 6.07 Å². The van der Waals surface area contributed by atoms with E-state index < -0.39 is 10.0 Å². The summed E-state index contributed by atoms with van der Waals surface area (Å²) >= 11 is 0. The quantitative estimate of drug-likeness (QED) is 0.748. The molecule has 0 unspecified atom stereocenters. The van der Waals surface area contributed by atoms with Gasteiger partial charge in [-0.05, 0) is 18.2 Å². The van der Waals surface area contributed by atoms with Gasteiger partial charge in [0.15, 0.2) is 0 Å². The highest BCUT2D eigenvalue weighted by molar-refractivity contribution is 7.89. The topological polar surface area (TPSA) is 113 Å². The van der Waals surface area contributed by atoms with E-state index >= 15 is 0 Å². The van der Waals surface area contributed by atoms with Crippen LogP contribution in [0.5, 0.6) is 0 Å². The number of nitrogens with two attached hydrogens (primary N) is 2. The van der Waals surface area contributed by atoms with Crippen molar-refractivity contribution in [2.75, 3.05) is 24.2 Å². The Morgan fingerprint density at radius 2 is 2.12 bits per heavy atom.